The van der Waals surface area contributed by atoms with E-state index < -0.39 is 29.6 Å². The average molecular weight is 305 g/mol. The highest BCUT2D eigenvalue weighted by molar-refractivity contribution is 5.95. The van der Waals surface area contributed by atoms with Crippen LogP contribution >= 0.6 is 0 Å². The summed E-state index contributed by atoms with van der Waals surface area (Å²) in [7, 11) is 0. The lowest BCUT2D eigenvalue weighted by molar-refractivity contribution is -0.170. The van der Waals surface area contributed by atoms with Gasteiger partial charge < -0.3 is 20.2 Å². The number of amides is 1. The second-order valence-corrected chi connectivity index (χ2v) is 6.21. The van der Waals surface area contributed by atoms with Gasteiger partial charge >= 0.3 is 0 Å². The van der Waals surface area contributed by atoms with E-state index in [9.17, 15) is 24.9 Å². The van der Waals surface area contributed by atoms with Gasteiger partial charge in [0.15, 0.2) is 5.60 Å². The Hall–Kier alpha value is -1.92. The Morgan fingerprint density at radius 2 is 1.95 bits per heavy atom. The largest absolute Gasteiger partial charge is 0.508 e. The number of rotatable bonds is 3. The highest BCUT2D eigenvalue weighted by Crippen LogP contribution is 2.51. The van der Waals surface area contributed by atoms with E-state index in [2.05, 4.69) is 0 Å². The number of phenols is 1. The number of fused-ring (bicyclic) bond motifs is 1. The Labute approximate surface area is 128 Å². The fraction of sp³-hybridized carbons (Fsp3) is 0.500. The van der Waals surface area contributed by atoms with Crippen molar-refractivity contribution in [2.45, 2.75) is 43.4 Å². The molecule has 3 rings (SSSR count). The van der Waals surface area contributed by atoms with Crippen LogP contribution in [-0.4, -0.2) is 50.1 Å². The van der Waals surface area contributed by atoms with Gasteiger partial charge in [0.1, 0.15) is 17.1 Å². The lowest BCUT2D eigenvalue weighted by Crippen LogP contribution is -2.56. The molecular weight excluding hydrogens is 286 g/mol. The van der Waals surface area contributed by atoms with Crippen LogP contribution in [0.1, 0.15) is 31.7 Å². The van der Waals surface area contributed by atoms with Crippen LogP contribution in [0.3, 0.4) is 0 Å². The first-order valence-electron chi connectivity index (χ1n) is 7.35. The minimum absolute atomic E-state index is 0.0232. The van der Waals surface area contributed by atoms with E-state index in [0.717, 1.165) is 6.42 Å². The third-order valence-electron chi connectivity index (χ3n) is 4.79. The van der Waals surface area contributed by atoms with Crippen LogP contribution in [0.5, 0.6) is 5.75 Å². The monoisotopic (exact) mass is 305 g/mol. The second kappa shape index (κ2) is 4.79. The Morgan fingerprint density at radius 3 is 2.55 bits per heavy atom. The van der Waals surface area contributed by atoms with Crippen molar-refractivity contribution in [3.63, 3.8) is 0 Å². The topological polar surface area (TPSA) is 98.1 Å². The van der Waals surface area contributed by atoms with Gasteiger partial charge in [-0.25, -0.2) is 0 Å². The van der Waals surface area contributed by atoms with E-state index in [4.69, 9.17) is 0 Å². The molecule has 1 aromatic rings. The molecule has 1 amide bonds. The molecule has 3 atom stereocenters. The molecule has 22 heavy (non-hydrogen) atoms. The summed E-state index contributed by atoms with van der Waals surface area (Å²) in [6, 6.07) is 5.19. The minimum Gasteiger partial charge on any atom is -0.508 e. The number of hydrogen-bond donors (Lipinski definition) is 3. The van der Waals surface area contributed by atoms with Gasteiger partial charge in [0.2, 0.25) is 0 Å². The van der Waals surface area contributed by atoms with E-state index in [1.54, 1.807) is 0 Å². The van der Waals surface area contributed by atoms with Gasteiger partial charge in [0, 0.05) is 13.0 Å². The van der Waals surface area contributed by atoms with Crippen LogP contribution in [-0.2, 0) is 15.2 Å². The molecular formula is C16H19NO5. The number of Topliss-reactive ketones (excluding diaryl/α,β-unsaturated/α-hetero) is 1. The standard InChI is InChI=1S/C16H19NO5/c1-10(18)9-15(21)14(20)17-8-2-3-13(17)16(15,22)11-4-6-12(19)7-5-11/h4-7,13,19,21-22H,2-3,8-9H2,1H3/t13-,15-,16+/m0/s1. The zero-order valence-electron chi connectivity index (χ0n) is 12.3. The quantitative estimate of drug-likeness (QED) is 0.746. The molecule has 0 aromatic heterocycles. The van der Waals surface area contributed by atoms with Gasteiger partial charge in [-0.05, 0) is 37.5 Å². The Kier molecular flexibility index (Phi) is 3.27. The number of nitrogens with zero attached hydrogens (tertiary/aromatic N) is 1. The van der Waals surface area contributed by atoms with Crippen LogP contribution in [0.15, 0.2) is 24.3 Å². The summed E-state index contributed by atoms with van der Waals surface area (Å²) in [6.45, 7) is 1.75. The van der Waals surface area contributed by atoms with Gasteiger partial charge in [0.25, 0.3) is 5.91 Å². The summed E-state index contributed by atoms with van der Waals surface area (Å²) in [5.41, 5.74) is -3.70. The van der Waals surface area contributed by atoms with Crippen molar-refractivity contribution in [3.05, 3.63) is 29.8 Å². The molecule has 118 valence electrons. The summed E-state index contributed by atoms with van der Waals surface area (Å²) in [4.78, 5) is 25.6. The molecule has 0 saturated carbocycles. The van der Waals surface area contributed by atoms with E-state index in [0.29, 0.717) is 18.5 Å². The van der Waals surface area contributed by atoms with Gasteiger partial charge in [-0.1, -0.05) is 12.1 Å². The number of carbonyl (C=O) groups excluding carboxylic acids is 2. The van der Waals surface area contributed by atoms with Gasteiger partial charge in [-0.3, -0.25) is 9.59 Å². The first kappa shape index (κ1) is 15.0. The summed E-state index contributed by atoms with van der Waals surface area (Å²) in [5, 5.41) is 31.7. The molecule has 2 aliphatic rings. The van der Waals surface area contributed by atoms with E-state index in [1.807, 2.05) is 0 Å². The van der Waals surface area contributed by atoms with E-state index in [1.165, 1.54) is 36.1 Å². The van der Waals surface area contributed by atoms with Crippen LogP contribution in [0, 0.1) is 0 Å². The highest BCUT2D eigenvalue weighted by atomic mass is 16.4. The maximum atomic E-state index is 12.6. The maximum absolute atomic E-state index is 12.6. The van der Waals surface area contributed by atoms with Gasteiger partial charge in [-0.2, -0.15) is 0 Å². The molecule has 6 heteroatoms. The SMILES string of the molecule is CC(=O)C[C@]1(O)C(=O)N2CCC[C@H]2[C@]1(O)c1ccc(O)cc1. The van der Waals surface area contributed by atoms with E-state index >= 15 is 0 Å². The molecule has 0 bridgehead atoms. The van der Waals surface area contributed by atoms with Crippen LogP contribution in [0.4, 0.5) is 0 Å². The van der Waals surface area contributed by atoms with Crippen LogP contribution in [0.25, 0.3) is 0 Å². The molecule has 0 aliphatic carbocycles. The number of aromatic hydroxyl groups is 1. The summed E-state index contributed by atoms with van der Waals surface area (Å²) in [5.74, 6) is -0.940. The minimum atomic E-state index is -2.17. The molecule has 1 aromatic carbocycles. The van der Waals surface area contributed by atoms with Crippen molar-refractivity contribution in [1.29, 1.82) is 0 Å². The van der Waals surface area contributed by atoms with Crippen molar-refractivity contribution >= 4 is 11.7 Å². The fourth-order valence-corrected chi connectivity index (χ4v) is 3.84. The molecule has 0 spiro atoms. The highest BCUT2D eigenvalue weighted by Gasteiger charge is 2.69. The predicted octanol–water partition coefficient (Wildman–Crippen LogP) is 0.295. The molecule has 2 fully saturated rings. The lowest BCUT2D eigenvalue weighted by atomic mass is 9.72. The number of benzene rings is 1. The first-order valence-corrected chi connectivity index (χ1v) is 7.35. The molecule has 2 saturated heterocycles. The Balaban J connectivity index is 2.16. The third kappa shape index (κ3) is 1.80. The molecule has 0 radical (unpaired) electrons. The van der Waals surface area contributed by atoms with Gasteiger partial charge in [-0.15, -0.1) is 0 Å². The zero-order valence-corrected chi connectivity index (χ0v) is 12.3. The fourth-order valence-electron chi connectivity index (χ4n) is 3.84. The van der Waals surface area contributed by atoms with Crippen molar-refractivity contribution < 1.29 is 24.9 Å². The summed E-state index contributed by atoms with van der Waals surface area (Å²) >= 11 is 0. The van der Waals surface area contributed by atoms with E-state index in [-0.39, 0.29) is 11.5 Å². The van der Waals surface area contributed by atoms with Gasteiger partial charge in [0.05, 0.1) is 6.04 Å². The summed E-state index contributed by atoms with van der Waals surface area (Å²) < 4.78 is 0. The average Bonchev–Trinajstić information content (AvgIpc) is 2.99. The second-order valence-electron chi connectivity index (χ2n) is 6.21. The summed E-state index contributed by atoms with van der Waals surface area (Å²) in [6.07, 6.45) is 0.868. The number of carbonyl (C=O) groups is 2. The molecule has 2 aliphatic heterocycles. The number of ketones is 1. The maximum Gasteiger partial charge on any atom is 0.258 e. The van der Waals surface area contributed by atoms with Crippen molar-refractivity contribution in [1.82, 2.24) is 4.90 Å². The van der Waals surface area contributed by atoms with Crippen molar-refractivity contribution in [3.8, 4) is 5.75 Å². The molecule has 0 unspecified atom stereocenters. The van der Waals surface area contributed by atoms with Crippen LogP contribution in [0.2, 0.25) is 0 Å². The molecule has 6 nitrogen and oxygen atoms in total. The predicted molar refractivity (Wildman–Crippen MR) is 77.0 cm³/mol. The van der Waals surface area contributed by atoms with Crippen molar-refractivity contribution in [2.24, 2.45) is 0 Å². The Morgan fingerprint density at radius 1 is 1.32 bits per heavy atom. The normalized spacial score (nSPS) is 34.0. The Bertz CT molecular complexity index is 628. The number of hydrogen-bond acceptors (Lipinski definition) is 5. The third-order valence-corrected chi connectivity index (χ3v) is 4.79. The van der Waals surface area contributed by atoms with Crippen LogP contribution < -0.4 is 0 Å². The first-order chi connectivity index (χ1) is 10.3. The zero-order chi connectivity index (χ0) is 16.1. The molecule has 3 N–H and O–H groups in total. The van der Waals surface area contributed by atoms with Crippen molar-refractivity contribution in [2.75, 3.05) is 6.54 Å². The smallest absolute Gasteiger partial charge is 0.258 e. The number of aliphatic hydroxyl groups is 2. The lowest BCUT2D eigenvalue weighted by Gasteiger charge is -2.38. The molecule has 2 heterocycles. The number of phenolic OH excluding ortho intramolecular Hbond substituents is 1.